The van der Waals surface area contributed by atoms with Gasteiger partial charge in [-0.3, -0.25) is 14.4 Å². The molecule has 0 bridgehead atoms. The van der Waals surface area contributed by atoms with Gasteiger partial charge in [-0.05, 0) is 60.5 Å². The van der Waals surface area contributed by atoms with E-state index < -0.39 is 23.9 Å². The van der Waals surface area contributed by atoms with Crippen LogP contribution in [0.2, 0.25) is 5.02 Å². The van der Waals surface area contributed by atoms with E-state index in [1.165, 1.54) is 4.90 Å². The van der Waals surface area contributed by atoms with E-state index in [9.17, 15) is 14.4 Å². The topological polar surface area (TPSA) is 69.7 Å². The summed E-state index contributed by atoms with van der Waals surface area (Å²) in [4.78, 5) is 44.4. The van der Waals surface area contributed by atoms with Gasteiger partial charge in [0.2, 0.25) is 17.7 Å². The number of nitrogens with zero attached hydrogens (tertiary/aromatic N) is 2. The summed E-state index contributed by atoms with van der Waals surface area (Å²) in [7, 11) is 0. The van der Waals surface area contributed by atoms with Crippen LogP contribution in [-0.4, -0.2) is 28.7 Å². The van der Waals surface area contributed by atoms with Crippen molar-refractivity contribution in [2.45, 2.75) is 19.0 Å². The molecule has 3 heterocycles. The van der Waals surface area contributed by atoms with Crippen LogP contribution in [0.25, 0.3) is 6.08 Å². The molecule has 0 unspecified atom stereocenters. The van der Waals surface area contributed by atoms with Crippen molar-refractivity contribution >= 4 is 46.8 Å². The number of nitrogens with one attached hydrogen (secondary N) is 1. The third-order valence-electron chi connectivity index (χ3n) is 7.13. The number of carbonyl (C=O) groups excluding carboxylic acids is 3. The lowest BCUT2D eigenvalue weighted by Crippen LogP contribution is -2.46. The molecule has 174 valence electrons. The van der Waals surface area contributed by atoms with Gasteiger partial charge >= 0.3 is 0 Å². The first kappa shape index (κ1) is 21.6. The Labute approximate surface area is 207 Å². The zero-order valence-electron chi connectivity index (χ0n) is 18.9. The highest BCUT2D eigenvalue weighted by Gasteiger charge is 2.64. The van der Waals surface area contributed by atoms with Gasteiger partial charge in [-0.2, -0.15) is 0 Å². The molecular weight excluding hydrogens is 462 g/mol. The predicted molar refractivity (Wildman–Crippen MR) is 135 cm³/mol. The average molecular weight is 484 g/mol. The summed E-state index contributed by atoms with van der Waals surface area (Å²) in [5.74, 6) is -2.43. The zero-order valence-corrected chi connectivity index (χ0v) is 19.6. The van der Waals surface area contributed by atoms with Crippen molar-refractivity contribution in [2.24, 2.45) is 11.8 Å². The number of rotatable bonds is 3. The van der Waals surface area contributed by atoms with Gasteiger partial charge in [0.05, 0.1) is 23.6 Å². The summed E-state index contributed by atoms with van der Waals surface area (Å²) in [6.45, 7) is 1.95. The molecule has 4 atom stereocenters. The molecule has 2 saturated heterocycles. The van der Waals surface area contributed by atoms with Crippen molar-refractivity contribution in [2.75, 3.05) is 10.2 Å². The van der Waals surface area contributed by atoms with Gasteiger partial charge in [-0.15, -0.1) is 0 Å². The minimum atomic E-state index is -0.836. The fourth-order valence-electron chi connectivity index (χ4n) is 5.55. The van der Waals surface area contributed by atoms with Crippen LogP contribution in [0, 0.1) is 18.8 Å². The van der Waals surface area contributed by atoms with Gasteiger partial charge < -0.3 is 10.2 Å². The lowest BCUT2D eigenvalue weighted by atomic mass is 9.84. The van der Waals surface area contributed by atoms with E-state index in [1.807, 2.05) is 60.5 Å². The van der Waals surface area contributed by atoms with Gasteiger partial charge in [0.15, 0.2) is 0 Å². The summed E-state index contributed by atoms with van der Waals surface area (Å²) in [5, 5.41) is 3.48. The average Bonchev–Trinajstić information content (AvgIpc) is 3.34. The summed E-state index contributed by atoms with van der Waals surface area (Å²) in [6.07, 6.45) is 3.77. The van der Waals surface area contributed by atoms with Crippen LogP contribution < -0.4 is 10.2 Å². The number of imide groups is 1. The first-order valence-electron chi connectivity index (χ1n) is 11.5. The van der Waals surface area contributed by atoms with Crippen LogP contribution in [-0.2, 0) is 14.4 Å². The lowest BCUT2D eigenvalue weighted by Gasteiger charge is -2.35. The molecule has 3 aromatic carbocycles. The number of hydrogen-bond acceptors (Lipinski definition) is 4. The van der Waals surface area contributed by atoms with Crippen molar-refractivity contribution in [3.63, 3.8) is 0 Å². The molecule has 1 N–H and O–H groups in total. The molecule has 0 spiro atoms. The largest absolute Gasteiger partial charge is 0.357 e. The number of carbonyl (C=O) groups is 3. The second kappa shape index (κ2) is 8.10. The summed E-state index contributed by atoms with van der Waals surface area (Å²) < 4.78 is 0. The normalized spacial score (nSPS) is 24.3. The van der Waals surface area contributed by atoms with Crippen molar-refractivity contribution < 1.29 is 14.4 Å². The van der Waals surface area contributed by atoms with Gasteiger partial charge in [-0.1, -0.05) is 53.6 Å². The van der Waals surface area contributed by atoms with Crippen LogP contribution in [0.1, 0.15) is 22.7 Å². The Hall–Kier alpha value is -3.90. The zero-order chi connectivity index (χ0) is 24.3. The van der Waals surface area contributed by atoms with Crippen molar-refractivity contribution in [3.05, 3.63) is 101 Å². The quantitative estimate of drug-likeness (QED) is 0.543. The number of halogens is 1. The SMILES string of the molecule is Cc1ccc(N2C(=O)[C@@H]3[C@H](C2=O)[C@H]2c4ccccc4C=CN2[C@H]3C(=O)Nc2ccc(Cl)cc2)cc1. The third-order valence-corrected chi connectivity index (χ3v) is 7.39. The standard InChI is InChI=1S/C28H22ClN3O3/c1-16-6-12-20(13-7-16)32-27(34)22-23(28(32)35)25(26(33)30-19-10-8-18(29)9-11-19)31-15-14-17-4-2-3-5-21(17)24(22)31/h2-15,22-25H,1H3,(H,30,33)/t22-,23+,24+,25+/m0/s1. The number of hydrogen-bond donors (Lipinski definition) is 1. The molecule has 6 nitrogen and oxygen atoms in total. The highest BCUT2D eigenvalue weighted by Crippen LogP contribution is 2.53. The van der Waals surface area contributed by atoms with E-state index in [1.54, 1.807) is 36.4 Å². The fourth-order valence-corrected chi connectivity index (χ4v) is 5.68. The molecule has 6 rings (SSSR count). The highest BCUT2D eigenvalue weighted by atomic mass is 35.5. The van der Waals surface area contributed by atoms with Gasteiger partial charge in [0.1, 0.15) is 6.04 Å². The maximum absolute atomic E-state index is 13.8. The molecular formula is C28H22ClN3O3. The van der Waals surface area contributed by atoms with E-state index in [-0.39, 0.29) is 17.7 Å². The molecule has 2 fully saturated rings. The number of benzene rings is 3. The number of fused-ring (bicyclic) bond motifs is 5. The number of amides is 3. The molecule has 0 saturated carbocycles. The second-order valence-corrected chi connectivity index (χ2v) is 9.61. The maximum Gasteiger partial charge on any atom is 0.247 e. The predicted octanol–water partition coefficient (Wildman–Crippen LogP) is 4.80. The van der Waals surface area contributed by atoms with Crippen LogP contribution in [0.5, 0.6) is 0 Å². The molecule has 7 heteroatoms. The molecule has 3 aromatic rings. The summed E-state index contributed by atoms with van der Waals surface area (Å²) >= 11 is 5.99. The van der Waals surface area contributed by atoms with Gasteiger partial charge in [-0.25, -0.2) is 4.90 Å². The molecule has 0 radical (unpaired) electrons. The van der Waals surface area contributed by atoms with E-state index >= 15 is 0 Å². The first-order valence-corrected chi connectivity index (χ1v) is 11.9. The van der Waals surface area contributed by atoms with E-state index in [2.05, 4.69) is 5.32 Å². The third kappa shape index (κ3) is 3.36. The van der Waals surface area contributed by atoms with Crippen molar-refractivity contribution in [1.29, 1.82) is 0 Å². The maximum atomic E-state index is 13.8. The molecule has 3 aliphatic rings. The minimum absolute atomic E-state index is 0.272. The van der Waals surface area contributed by atoms with Crippen LogP contribution >= 0.6 is 11.6 Å². The van der Waals surface area contributed by atoms with E-state index in [0.717, 1.165) is 16.7 Å². The van der Waals surface area contributed by atoms with Crippen LogP contribution in [0.15, 0.2) is 79.0 Å². The summed E-state index contributed by atoms with van der Waals surface area (Å²) in [5.41, 5.74) is 4.07. The van der Waals surface area contributed by atoms with Crippen molar-refractivity contribution in [3.8, 4) is 0 Å². The Morgan fingerprint density at radius 1 is 0.886 bits per heavy atom. The fraction of sp³-hybridized carbons (Fsp3) is 0.179. The molecule has 0 aromatic heterocycles. The van der Waals surface area contributed by atoms with Crippen LogP contribution in [0.3, 0.4) is 0 Å². The smallest absolute Gasteiger partial charge is 0.247 e. The van der Waals surface area contributed by atoms with E-state index in [0.29, 0.717) is 16.4 Å². The second-order valence-electron chi connectivity index (χ2n) is 9.18. The number of anilines is 2. The summed E-state index contributed by atoms with van der Waals surface area (Å²) in [6, 6.07) is 20.7. The van der Waals surface area contributed by atoms with Gasteiger partial charge in [0.25, 0.3) is 0 Å². The highest BCUT2D eigenvalue weighted by molar-refractivity contribution is 6.30. The Morgan fingerprint density at radius 3 is 2.31 bits per heavy atom. The Morgan fingerprint density at radius 2 is 1.57 bits per heavy atom. The van der Waals surface area contributed by atoms with E-state index in [4.69, 9.17) is 11.6 Å². The Bertz CT molecular complexity index is 1380. The molecule has 3 amide bonds. The monoisotopic (exact) mass is 483 g/mol. The van der Waals surface area contributed by atoms with Crippen LogP contribution in [0.4, 0.5) is 11.4 Å². The Kier molecular flexibility index (Phi) is 5.00. The molecule has 35 heavy (non-hydrogen) atoms. The molecule has 0 aliphatic carbocycles. The Balaban J connectivity index is 1.43. The van der Waals surface area contributed by atoms with Crippen molar-refractivity contribution in [1.82, 2.24) is 4.90 Å². The van der Waals surface area contributed by atoms with Gasteiger partial charge in [0, 0.05) is 16.9 Å². The first-order chi connectivity index (χ1) is 16.9. The molecule has 3 aliphatic heterocycles. The lowest BCUT2D eigenvalue weighted by molar-refractivity contribution is -0.128. The number of aryl methyl sites for hydroxylation is 1. The minimum Gasteiger partial charge on any atom is -0.357 e.